The maximum absolute atomic E-state index is 13.7. The third-order valence-electron chi connectivity index (χ3n) is 3.72. The van der Waals surface area contributed by atoms with Gasteiger partial charge in [0.05, 0.1) is 5.60 Å². The van der Waals surface area contributed by atoms with E-state index in [4.69, 9.17) is 0 Å². The first-order valence-corrected chi connectivity index (χ1v) is 6.00. The van der Waals surface area contributed by atoms with Crippen LogP contribution in [0.1, 0.15) is 43.7 Å². The van der Waals surface area contributed by atoms with Crippen molar-refractivity contribution in [3.05, 3.63) is 35.1 Å². The normalized spacial score (nSPS) is 30.4. The van der Waals surface area contributed by atoms with Gasteiger partial charge in [0.1, 0.15) is 5.82 Å². The van der Waals surface area contributed by atoms with E-state index in [1.54, 1.807) is 12.1 Å². The number of hydrogen-bond donors (Lipinski definition) is 1. The summed E-state index contributed by atoms with van der Waals surface area (Å²) < 4.78 is 13.7. The van der Waals surface area contributed by atoms with Crippen molar-refractivity contribution in [2.45, 2.75) is 45.1 Å². The summed E-state index contributed by atoms with van der Waals surface area (Å²) in [6.45, 7) is 4.12. The van der Waals surface area contributed by atoms with Gasteiger partial charge < -0.3 is 5.11 Å². The van der Waals surface area contributed by atoms with Crippen LogP contribution in [-0.2, 0) is 5.60 Å². The van der Waals surface area contributed by atoms with Gasteiger partial charge in [-0.05, 0) is 44.6 Å². The Labute approximate surface area is 96.3 Å². The molecular weight excluding hydrogens is 203 g/mol. The monoisotopic (exact) mass is 222 g/mol. The second-order valence-electron chi connectivity index (χ2n) is 5.20. The summed E-state index contributed by atoms with van der Waals surface area (Å²) in [6, 6.07) is 4.99. The minimum atomic E-state index is -0.942. The largest absolute Gasteiger partial charge is 0.385 e. The Morgan fingerprint density at radius 3 is 2.56 bits per heavy atom. The van der Waals surface area contributed by atoms with E-state index in [-0.39, 0.29) is 5.82 Å². The van der Waals surface area contributed by atoms with Crippen LogP contribution >= 0.6 is 0 Å². The second kappa shape index (κ2) is 4.17. The Morgan fingerprint density at radius 2 is 1.94 bits per heavy atom. The zero-order valence-electron chi connectivity index (χ0n) is 9.96. The Kier molecular flexibility index (Phi) is 3.02. The van der Waals surface area contributed by atoms with Crippen LogP contribution in [0, 0.1) is 18.7 Å². The van der Waals surface area contributed by atoms with Crippen LogP contribution in [-0.4, -0.2) is 5.11 Å². The zero-order valence-corrected chi connectivity index (χ0v) is 9.96. The molecule has 1 nitrogen and oxygen atoms in total. The van der Waals surface area contributed by atoms with E-state index in [0.29, 0.717) is 24.3 Å². The summed E-state index contributed by atoms with van der Waals surface area (Å²) in [5.41, 5.74) is 0.547. The highest BCUT2D eigenvalue weighted by Crippen LogP contribution is 2.40. The summed E-state index contributed by atoms with van der Waals surface area (Å²) >= 11 is 0. The van der Waals surface area contributed by atoms with E-state index in [0.717, 1.165) is 18.4 Å². The van der Waals surface area contributed by atoms with Crippen molar-refractivity contribution < 1.29 is 9.50 Å². The molecule has 0 radical (unpaired) electrons. The van der Waals surface area contributed by atoms with Gasteiger partial charge in [0.25, 0.3) is 0 Å². The molecule has 1 fully saturated rings. The molecular formula is C14H19FO. The summed E-state index contributed by atoms with van der Waals surface area (Å²) in [5.74, 6) is 0.371. The van der Waals surface area contributed by atoms with E-state index >= 15 is 0 Å². The van der Waals surface area contributed by atoms with E-state index in [1.165, 1.54) is 6.07 Å². The molecule has 0 spiro atoms. The molecule has 0 unspecified atom stereocenters. The highest BCUT2D eigenvalue weighted by atomic mass is 19.1. The standard InChI is InChI=1S/C14H19FO/c1-10-5-7-14(16,8-6-10)12-9-11(2)3-4-13(12)15/h3-4,9-10,16H,5-8H2,1-2H3. The number of aryl methyl sites for hydroxylation is 1. The molecule has 0 bridgehead atoms. The Balaban J connectivity index is 2.32. The van der Waals surface area contributed by atoms with Gasteiger partial charge in [-0.1, -0.05) is 24.6 Å². The third kappa shape index (κ3) is 2.12. The molecule has 1 N–H and O–H groups in total. The molecule has 0 aromatic heterocycles. The van der Waals surface area contributed by atoms with Gasteiger partial charge in [0, 0.05) is 5.56 Å². The van der Waals surface area contributed by atoms with Crippen molar-refractivity contribution in [2.75, 3.05) is 0 Å². The average molecular weight is 222 g/mol. The smallest absolute Gasteiger partial charge is 0.129 e. The topological polar surface area (TPSA) is 20.2 Å². The number of benzene rings is 1. The molecule has 1 aromatic rings. The van der Waals surface area contributed by atoms with Crippen molar-refractivity contribution in [1.82, 2.24) is 0 Å². The first-order chi connectivity index (χ1) is 7.51. The van der Waals surface area contributed by atoms with Crippen LogP contribution in [0.4, 0.5) is 4.39 Å². The SMILES string of the molecule is Cc1ccc(F)c(C2(O)CCC(C)CC2)c1. The predicted octanol–water partition coefficient (Wildman–Crippen LogP) is 3.53. The number of hydrogen-bond acceptors (Lipinski definition) is 1. The van der Waals surface area contributed by atoms with Gasteiger partial charge in [-0.2, -0.15) is 0 Å². The van der Waals surface area contributed by atoms with Crippen molar-refractivity contribution in [3.8, 4) is 0 Å². The lowest BCUT2D eigenvalue weighted by atomic mass is 9.75. The molecule has 0 amide bonds. The van der Waals surface area contributed by atoms with Gasteiger partial charge in [0.2, 0.25) is 0 Å². The van der Waals surface area contributed by atoms with Crippen molar-refractivity contribution in [1.29, 1.82) is 0 Å². The average Bonchev–Trinajstić information content (AvgIpc) is 2.26. The first-order valence-electron chi connectivity index (χ1n) is 6.00. The summed E-state index contributed by atoms with van der Waals surface area (Å²) in [4.78, 5) is 0. The fourth-order valence-electron chi connectivity index (χ4n) is 2.50. The van der Waals surface area contributed by atoms with Crippen molar-refractivity contribution in [3.63, 3.8) is 0 Å². The molecule has 1 saturated carbocycles. The fraction of sp³-hybridized carbons (Fsp3) is 0.571. The highest BCUT2D eigenvalue weighted by Gasteiger charge is 2.35. The second-order valence-corrected chi connectivity index (χ2v) is 5.20. The Hall–Kier alpha value is -0.890. The van der Waals surface area contributed by atoms with E-state index < -0.39 is 5.60 Å². The molecule has 88 valence electrons. The van der Waals surface area contributed by atoms with Gasteiger partial charge >= 0.3 is 0 Å². The van der Waals surface area contributed by atoms with E-state index in [1.807, 2.05) is 6.92 Å². The van der Waals surface area contributed by atoms with Crippen LogP contribution in [0.2, 0.25) is 0 Å². The molecule has 2 rings (SSSR count). The highest BCUT2D eigenvalue weighted by molar-refractivity contribution is 5.29. The fourth-order valence-corrected chi connectivity index (χ4v) is 2.50. The van der Waals surface area contributed by atoms with Gasteiger partial charge in [-0.3, -0.25) is 0 Å². The van der Waals surface area contributed by atoms with Crippen LogP contribution in [0.3, 0.4) is 0 Å². The lowest BCUT2D eigenvalue weighted by molar-refractivity contribution is -0.0149. The summed E-state index contributed by atoms with van der Waals surface area (Å²) in [7, 11) is 0. The maximum atomic E-state index is 13.7. The molecule has 0 atom stereocenters. The quantitative estimate of drug-likeness (QED) is 0.770. The van der Waals surface area contributed by atoms with Crippen LogP contribution in [0.5, 0.6) is 0 Å². The minimum Gasteiger partial charge on any atom is -0.385 e. The summed E-state index contributed by atoms with van der Waals surface area (Å²) in [6.07, 6.45) is 3.30. The van der Waals surface area contributed by atoms with Crippen LogP contribution in [0.25, 0.3) is 0 Å². The molecule has 2 heteroatoms. The number of rotatable bonds is 1. The summed E-state index contributed by atoms with van der Waals surface area (Å²) in [5, 5.41) is 10.5. The maximum Gasteiger partial charge on any atom is 0.129 e. The van der Waals surface area contributed by atoms with Crippen LogP contribution < -0.4 is 0 Å². The molecule has 0 heterocycles. The lowest BCUT2D eigenvalue weighted by Crippen LogP contribution is -2.31. The first kappa shape index (κ1) is 11.6. The number of aliphatic hydroxyl groups is 1. The van der Waals surface area contributed by atoms with E-state index in [2.05, 4.69) is 6.92 Å². The predicted molar refractivity (Wildman–Crippen MR) is 62.7 cm³/mol. The number of halogens is 1. The molecule has 1 aromatic carbocycles. The van der Waals surface area contributed by atoms with Gasteiger partial charge in [-0.15, -0.1) is 0 Å². The molecule has 0 saturated heterocycles. The molecule has 1 aliphatic carbocycles. The Morgan fingerprint density at radius 1 is 1.31 bits per heavy atom. The third-order valence-corrected chi connectivity index (χ3v) is 3.72. The molecule has 16 heavy (non-hydrogen) atoms. The van der Waals surface area contributed by atoms with Gasteiger partial charge in [-0.25, -0.2) is 4.39 Å². The minimum absolute atomic E-state index is 0.275. The molecule has 1 aliphatic rings. The molecule has 0 aliphatic heterocycles. The van der Waals surface area contributed by atoms with Gasteiger partial charge in [0.15, 0.2) is 0 Å². The Bertz CT molecular complexity index is 378. The van der Waals surface area contributed by atoms with Crippen LogP contribution in [0.15, 0.2) is 18.2 Å². The van der Waals surface area contributed by atoms with E-state index in [9.17, 15) is 9.50 Å². The van der Waals surface area contributed by atoms with Crippen molar-refractivity contribution in [2.24, 2.45) is 5.92 Å². The van der Waals surface area contributed by atoms with Crippen molar-refractivity contribution >= 4 is 0 Å². The zero-order chi connectivity index (χ0) is 11.8. The lowest BCUT2D eigenvalue weighted by Gasteiger charge is -2.35.